The Morgan fingerprint density at radius 3 is 2.46 bits per heavy atom. The Balaban J connectivity index is 0.000000237. The minimum atomic E-state index is 0.0641. The molecule has 0 fully saturated rings. The van der Waals surface area contributed by atoms with Crippen molar-refractivity contribution in [3.63, 3.8) is 0 Å². The Morgan fingerprint density at radius 1 is 1.18 bits per heavy atom. The first kappa shape index (κ1) is 21.2. The third-order valence-corrected chi connectivity index (χ3v) is 4.71. The lowest BCUT2D eigenvalue weighted by molar-refractivity contribution is 0.580. The third-order valence-electron chi connectivity index (χ3n) is 4.71. The summed E-state index contributed by atoms with van der Waals surface area (Å²) in [6.07, 6.45) is 8.27. The Morgan fingerprint density at radius 2 is 1.89 bits per heavy atom. The molecule has 0 amide bonds. The molecule has 0 bridgehead atoms. The monoisotopic (exact) mass is 369 g/mol. The normalized spacial score (nSPS) is 10.9. The molecule has 4 heteroatoms. The highest BCUT2D eigenvalue weighted by Crippen LogP contribution is 2.04. The van der Waals surface area contributed by atoms with Crippen LogP contribution >= 0.6 is 0 Å². The molecule has 0 saturated carbocycles. The van der Waals surface area contributed by atoms with Gasteiger partial charge in [-0.25, -0.2) is 4.98 Å². The fourth-order valence-electron chi connectivity index (χ4n) is 3.14. The average molecular weight is 369 g/mol. The molecule has 1 unspecified atom stereocenters. The number of benzene rings is 2. The molecule has 2 aromatic carbocycles. The third kappa shape index (κ3) is 6.28. The molecular weight excluding hydrogens is 341 g/mol. The van der Waals surface area contributed by atoms with Crippen molar-refractivity contribution in [2.45, 2.75) is 33.6 Å². The van der Waals surface area contributed by atoms with E-state index in [-0.39, 0.29) is 5.92 Å². The van der Waals surface area contributed by atoms with Crippen molar-refractivity contribution in [1.29, 1.82) is 5.26 Å². The zero-order valence-corrected chi connectivity index (χ0v) is 17.0. The zero-order valence-electron chi connectivity index (χ0n) is 17.0. The summed E-state index contributed by atoms with van der Waals surface area (Å²) in [5, 5.41) is 8.45. The van der Waals surface area contributed by atoms with Gasteiger partial charge in [0.1, 0.15) is 0 Å². The van der Waals surface area contributed by atoms with E-state index in [1.807, 2.05) is 23.8 Å². The van der Waals surface area contributed by atoms with Crippen LogP contribution in [0.1, 0.15) is 18.1 Å². The summed E-state index contributed by atoms with van der Waals surface area (Å²) in [6.45, 7) is 11.2. The maximum Gasteiger partial charge on any atom is 0.213 e. The number of imidazole rings is 1. The number of aromatic nitrogens is 2. The maximum atomic E-state index is 8.45. The van der Waals surface area contributed by atoms with Gasteiger partial charge in [-0.1, -0.05) is 76.7 Å². The van der Waals surface area contributed by atoms with Gasteiger partial charge in [0.05, 0.1) is 18.3 Å². The molecule has 3 rings (SSSR count). The van der Waals surface area contributed by atoms with E-state index in [2.05, 4.69) is 80.0 Å². The maximum absolute atomic E-state index is 8.45. The molecule has 3 aromatic rings. The SMILES string of the molecule is C=CCB(c1ccc(C)cc1)c1ccccc1C.CC(C#N)Cn1ccnc1. The quantitative estimate of drug-likeness (QED) is 0.484. The van der Waals surface area contributed by atoms with Gasteiger partial charge in [0.15, 0.2) is 0 Å². The average Bonchev–Trinajstić information content (AvgIpc) is 3.21. The molecule has 1 heterocycles. The summed E-state index contributed by atoms with van der Waals surface area (Å²) in [6, 6.07) is 19.6. The topological polar surface area (TPSA) is 41.6 Å². The highest BCUT2D eigenvalue weighted by molar-refractivity contribution is 6.85. The smallest absolute Gasteiger partial charge is 0.213 e. The molecule has 0 radical (unpaired) electrons. The van der Waals surface area contributed by atoms with Crippen LogP contribution in [0.15, 0.2) is 79.9 Å². The van der Waals surface area contributed by atoms with E-state index < -0.39 is 0 Å². The van der Waals surface area contributed by atoms with E-state index in [1.54, 1.807) is 12.5 Å². The van der Waals surface area contributed by atoms with Gasteiger partial charge in [0.25, 0.3) is 0 Å². The summed E-state index contributed by atoms with van der Waals surface area (Å²) >= 11 is 0. The second-order valence-corrected chi connectivity index (χ2v) is 7.13. The van der Waals surface area contributed by atoms with Crippen molar-refractivity contribution < 1.29 is 0 Å². The van der Waals surface area contributed by atoms with Gasteiger partial charge in [-0.05, 0) is 27.1 Å². The van der Waals surface area contributed by atoms with Crippen LogP contribution in [0.4, 0.5) is 0 Å². The van der Waals surface area contributed by atoms with Gasteiger partial charge in [-0.3, -0.25) is 0 Å². The predicted octanol–water partition coefficient (Wildman–Crippen LogP) is 4.14. The van der Waals surface area contributed by atoms with Gasteiger partial charge in [-0.2, -0.15) is 5.26 Å². The second-order valence-electron chi connectivity index (χ2n) is 7.13. The van der Waals surface area contributed by atoms with Gasteiger partial charge in [-0.15, -0.1) is 6.58 Å². The first-order valence-electron chi connectivity index (χ1n) is 9.63. The van der Waals surface area contributed by atoms with Crippen LogP contribution in [0, 0.1) is 31.1 Å². The zero-order chi connectivity index (χ0) is 20.4. The number of rotatable bonds is 6. The molecule has 0 aliphatic carbocycles. The molecule has 1 atom stereocenters. The van der Waals surface area contributed by atoms with Crippen LogP contribution in [0.2, 0.25) is 6.32 Å². The van der Waals surface area contributed by atoms with Crippen molar-refractivity contribution in [2.24, 2.45) is 5.92 Å². The molecule has 1 aromatic heterocycles. The number of hydrogen-bond acceptors (Lipinski definition) is 2. The van der Waals surface area contributed by atoms with E-state index in [4.69, 9.17) is 5.26 Å². The molecule has 0 spiro atoms. The van der Waals surface area contributed by atoms with Crippen molar-refractivity contribution in [1.82, 2.24) is 9.55 Å². The fourth-order valence-corrected chi connectivity index (χ4v) is 3.14. The van der Waals surface area contributed by atoms with Crippen LogP contribution in [0.25, 0.3) is 0 Å². The van der Waals surface area contributed by atoms with E-state index in [0.717, 1.165) is 12.9 Å². The van der Waals surface area contributed by atoms with Crippen LogP contribution in [0.5, 0.6) is 0 Å². The lowest BCUT2D eigenvalue weighted by Gasteiger charge is -2.15. The highest BCUT2D eigenvalue weighted by Gasteiger charge is 2.18. The van der Waals surface area contributed by atoms with Crippen LogP contribution in [-0.4, -0.2) is 16.3 Å². The predicted molar refractivity (Wildman–Crippen MR) is 119 cm³/mol. The summed E-state index contributed by atoms with van der Waals surface area (Å²) in [7, 11) is 0. The molecule has 3 nitrogen and oxygen atoms in total. The Bertz CT molecular complexity index is 892. The van der Waals surface area contributed by atoms with Crippen molar-refractivity contribution >= 4 is 17.6 Å². The lowest BCUT2D eigenvalue weighted by atomic mass is 9.38. The summed E-state index contributed by atoms with van der Waals surface area (Å²) < 4.78 is 1.90. The minimum absolute atomic E-state index is 0.0641. The molecule has 28 heavy (non-hydrogen) atoms. The van der Waals surface area contributed by atoms with E-state index in [9.17, 15) is 0 Å². The van der Waals surface area contributed by atoms with Crippen molar-refractivity contribution in [2.75, 3.05) is 0 Å². The Kier molecular flexibility index (Phi) is 8.30. The number of nitrogens with zero attached hydrogens (tertiary/aromatic N) is 3. The number of aryl methyl sites for hydroxylation is 2. The minimum Gasteiger partial charge on any atom is -0.336 e. The highest BCUT2D eigenvalue weighted by atomic mass is 15.0. The number of hydrogen-bond donors (Lipinski definition) is 0. The largest absolute Gasteiger partial charge is 0.336 e. The van der Waals surface area contributed by atoms with Crippen LogP contribution in [-0.2, 0) is 6.54 Å². The van der Waals surface area contributed by atoms with Crippen LogP contribution in [0.3, 0.4) is 0 Å². The molecule has 0 aliphatic rings. The number of nitriles is 1. The first-order valence-corrected chi connectivity index (χ1v) is 9.63. The fraction of sp³-hybridized carbons (Fsp3) is 0.250. The summed E-state index contributed by atoms with van der Waals surface area (Å²) in [5.74, 6) is 0.0641. The first-order chi connectivity index (χ1) is 13.5. The second kappa shape index (κ2) is 10.9. The molecule has 0 aliphatic heterocycles. The Labute approximate surface area is 169 Å². The lowest BCUT2D eigenvalue weighted by Crippen LogP contribution is -2.42. The van der Waals surface area contributed by atoms with E-state index in [0.29, 0.717) is 6.71 Å². The molecular formula is C24H28BN3. The van der Waals surface area contributed by atoms with Gasteiger partial charge >= 0.3 is 0 Å². The molecule has 0 saturated heterocycles. The van der Waals surface area contributed by atoms with Crippen LogP contribution < -0.4 is 10.9 Å². The van der Waals surface area contributed by atoms with E-state index >= 15 is 0 Å². The van der Waals surface area contributed by atoms with Crippen molar-refractivity contribution in [3.05, 3.63) is 91.0 Å². The van der Waals surface area contributed by atoms with Gasteiger partial charge < -0.3 is 4.57 Å². The summed E-state index contributed by atoms with van der Waals surface area (Å²) in [5.41, 5.74) is 5.43. The standard InChI is InChI=1S/C17H19B.C7H9N3/c1-4-13-18(16-11-9-14(2)10-12-16)17-8-6-5-7-15(17)3;1-7(4-8)5-10-3-2-9-6-10/h4-12H,1,13H2,2-3H3;2-3,6-7H,5H2,1H3. The van der Waals surface area contributed by atoms with Crippen molar-refractivity contribution in [3.8, 4) is 6.07 Å². The molecule has 0 N–H and O–H groups in total. The summed E-state index contributed by atoms with van der Waals surface area (Å²) in [4.78, 5) is 3.86. The van der Waals surface area contributed by atoms with Gasteiger partial charge in [0, 0.05) is 18.9 Å². The van der Waals surface area contributed by atoms with E-state index in [1.165, 1.54) is 22.1 Å². The Hall–Kier alpha value is -3.06. The van der Waals surface area contributed by atoms with Gasteiger partial charge in [0.2, 0.25) is 6.71 Å². The molecule has 142 valence electrons. The number of allylic oxidation sites excluding steroid dienone is 1.